The van der Waals surface area contributed by atoms with Crippen LogP contribution in [0.15, 0.2) is 95.2 Å². The van der Waals surface area contributed by atoms with Crippen LogP contribution in [0.25, 0.3) is 17.3 Å². The highest BCUT2D eigenvalue weighted by Gasteiger charge is 2.17. The normalized spacial score (nSPS) is 11.7. The molecule has 0 bridgehead atoms. The van der Waals surface area contributed by atoms with Gasteiger partial charge in [0.15, 0.2) is 5.13 Å². The third-order valence-electron chi connectivity index (χ3n) is 5.13. The number of rotatable bonds is 9. The molecule has 0 aliphatic heterocycles. The highest BCUT2D eigenvalue weighted by molar-refractivity contribution is 8.00. The molecule has 4 rings (SSSR count). The van der Waals surface area contributed by atoms with Crippen LogP contribution in [0.5, 0.6) is 5.75 Å². The van der Waals surface area contributed by atoms with Crippen LogP contribution in [0.4, 0.5) is 10.8 Å². The van der Waals surface area contributed by atoms with E-state index in [1.165, 1.54) is 29.2 Å². The molecule has 2 N–H and O–H groups in total. The molecule has 2 amide bonds. The predicted octanol–water partition coefficient (Wildman–Crippen LogP) is 6.59. The fourth-order valence-corrected chi connectivity index (χ4v) is 4.91. The van der Waals surface area contributed by atoms with Crippen LogP contribution in [0.3, 0.4) is 0 Å². The summed E-state index contributed by atoms with van der Waals surface area (Å²) in [5, 5.41) is 7.86. The predicted molar refractivity (Wildman–Crippen MR) is 149 cm³/mol. The van der Waals surface area contributed by atoms with Gasteiger partial charge in [0.2, 0.25) is 11.8 Å². The van der Waals surface area contributed by atoms with Crippen molar-refractivity contribution < 1.29 is 14.3 Å². The molecule has 1 heterocycles. The monoisotopic (exact) mass is 515 g/mol. The molecule has 36 heavy (non-hydrogen) atoms. The lowest BCUT2D eigenvalue weighted by Gasteiger charge is -2.11. The number of nitrogens with zero attached hydrogens (tertiary/aromatic N) is 1. The number of anilines is 2. The minimum Gasteiger partial charge on any atom is -0.497 e. The van der Waals surface area contributed by atoms with Crippen LogP contribution >= 0.6 is 23.1 Å². The molecule has 1 atom stereocenters. The molecule has 1 unspecified atom stereocenters. The zero-order chi connectivity index (χ0) is 25.3. The first kappa shape index (κ1) is 25.2. The van der Waals surface area contributed by atoms with E-state index in [0.717, 1.165) is 27.5 Å². The van der Waals surface area contributed by atoms with E-state index < -0.39 is 0 Å². The Labute approximate surface area is 218 Å². The van der Waals surface area contributed by atoms with E-state index in [4.69, 9.17) is 4.74 Å². The molecular weight excluding hydrogens is 490 g/mol. The third-order valence-corrected chi connectivity index (χ3v) is 6.98. The first-order valence-electron chi connectivity index (χ1n) is 11.2. The van der Waals surface area contributed by atoms with Crippen LogP contribution < -0.4 is 15.4 Å². The van der Waals surface area contributed by atoms with E-state index >= 15 is 0 Å². The summed E-state index contributed by atoms with van der Waals surface area (Å²) in [5.41, 5.74) is 3.36. The van der Waals surface area contributed by atoms with Crippen LogP contribution in [-0.4, -0.2) is 29.2 Å². The van der Waals surface area contributed by atoms with Gasteiger partial charge in [-0.15, -0.1) is 23.1 Å². The van der Waals surface area contributed by atoms with Crippen molar-refractivity contribution in [2.75, 3.05) is 17.7 Å². The molecule has 0 fully saturated rings. The maximum absolute atomic E-state index is 12.8. The summed E-state index contributed by atoms with van der Waals surface area (Å²) in [6.07, 6.45) is 3.26. The van der Waals surface area contributed by atoms with E-state index in [1.807, 2.05) is 91.2 Å². The minimum atomic E-state index is -0.359. The lowest BCUT2D eigenvalue weighted by molar-refractivity contribution is -0.115. The summed E-state index contributed by atoms with van der Waals surface area (Å²) in [5.74, 6) is 0.416. The number of thiazole rings is 1. The van der Waals surface area contributed by atoms with Crippen molar-refractivity contribution in [2.45, 2.75) is 17.1 Å². The van der Waals surface area contributed by atoms with E-state index in [-0.39, 0.29) is 17.1 Å². The van der Waals surface area contributed by atoms with Gasteiger partial charge in [0.25, 0.3) is 0 Å². The topological polar surface area (TPSA) is 80.3 Å². The summed E-state index contributed by atoms with van der Waals surface area (Å²) in [4.78, 5) is 30.5. The number of amides is 2. The van der Waals surface area contributed by atoms with E-state index in [1.54, 1.807) is 13.2 Å². The average molecular weight is 516 g/mol. The van der Waals surface area contributed by atoms with Crippen molar-refractivity contribution in [1.82, 2.24) is 4.98 Å². The average Bonchev–Trinajstić information content (AvgIpc) is 3.36. The fourth-order valence-electron chi connectivity index (χ4n) is 3.26. The van der Waals surface area contributed by atoms with Crippen molar-refractivity contribution in [3.05, 3.63) is 95.9 Å². The highest BCUT2D eigenvalue weighted by Crippen LogP contribution is 2.29. The van der Waals surface area contributed by atoms with Gasteiger partial charge in [0.05, 0.1) is 18.1 Å². The van der Waals surface area contributed by atoms with E-state index in [9.17, 15) is 9.59 Å². The quantitative estimate of drug-likeness (QED) is 0.194. The highest BCUT2D eigenvalue weighted by atomic mass is 32.2. The van der Waals surface area contributed by atoms with Crippen molar-refractivity contribution >= 4 is 51.8 Å². The minimum absolute atomic E-state index is 0.143. The molecule has 0 saturated carbocycles. The van der Waals surface area contributed by atoms with Gasteiger partial charge >= 0.3 is 0 Å². The molecule has 6 nitrogen and oxygen atoms in total. The second-order valence-corrected chi connectivity index (χ2v) is 10.0. The Morgan fingerprint density at radius 1 is 1.00 bits per heavy atom. The molecule has 0 saturated heterocycles. The molecule has 0 aliphatic carbocycles. The Hall–Kier alpha value is -3.88. The Bertz CT molecular complexity index is 1350. The molecule has 8 heteroatoms. The number of benzene rings is 3. The summed E-state index contributed by atoms with van der Waals surface area (Å²) in [7, 11) is 1.63. The van der Waals surface area contributed by atoms with Crippen LogP contribution in [-0.2, 0) is 9.59 Å². The first-order valence-corrected chi connectivity index (χ1v) is 13.0. The van der Waals surface area contributed by atoms with Gasteiger partial charge in [-0.25, -0.2) is 4.98 Å². The Morgan fingerprint density at radius 2 is 1.78 bits per heavy atom. The number of carbonyl (C=O) groups excluding carboxylic acids is 2. The van der Waals surface area contributed by atoms with Crippen LogP contribution in [0, 0.1) is 0 Å². The van der Waals surface area contributed by atoms with Crippen molar-refractivity contribution in [1.29, 1.82) is 0 Å². The van der Waals surface area contributed by atoms with Crippen LogP contribution in [0.1, 0.15) is 12.5 Å². The number of hydrogen-bond acceptors (Lipinski definition) is 6. The summed E-state index contributed by atoms with van der Waals surface area (Å²) >= 11 is 2.79. The molecule has 0 spiro atoms. The van der Waals surface area contributed by atoms with Gasteiger partial charge in [0, 0.05) is 27.6 Å². The maximum Gasteiger partial charge on any atom is 0.248 e. The molecule has 0 aliphatic rings. The molecular formula is C28H25N3O3S2. The summed E-state index contributed by atoms with van der Waals surface area (Å²) < 4.78 is 5.19. The van der Waals surface area contributed by atoms with Gasteiger partial charge in [0.1, 0.15) is 5.75 Å². The van der Waals surface area contributed by atoms with Crippen molar-refractivity contribution in [3.8, 4) is 17.0 Å². The summed E-state index contributed by atoms with van der Waals surface area (Å²) in [6.45, 7) is 1.84. The Balaban J connectivity index is 1.32. The number of hydrogen-bond donors (Lipinski definition) is 2. The number of ether oxygens (including phenoxy) is 1. The zero-order valence-corrected chi connectivity index (χ0v) is 21.4. The molecule has 3 aromatic carbocycles. The standard InChI is InChI=1S/C28H25N3O3S2/c1-19(27(33)31-28-30-25(18-35-28)21-12-14-23(34-2)15-13-21)36-24-10-6-9-22(17-24)29-26(32)16-11-20-7-4-3-5-8-20/h3-19H,1-2H3,(H,29,32)(H,30,31,33)/b16-11+. The smallest absolute Gasteiger partial charge is 0.248 e. The fraction of sp³-hybridized carbons (Fsp3) is 0.107. The molecule has 0 radical (unpaired) electrons. The Kier molecular flexibility index (Phi) is 8.54. The number of carbonyl (C=O) groups is 2. The maximum atomic E-state index is 12.8. The van der Waals surface area contributed by atoms with Crippen LogP contribution in [0.2, 0.25) is 0 Å². The Morgan fingerprint density at radius 3 is 2.53 bits per heavy atom. The van der Waals surface area contributed by atoms with Crippen molar-refractivity contribution in [2.24, 2.45) is 0 Å². The van der Waals surface area contributed by atoms with Gasteiger partial charge in [-0.1, -0.05) is 36.4 Å². The second-order valence-electron chi connectivity index (χ2n) is 7.78. The van der Waals surface area contributed by atoms with E-state index in [0.29, 0.717) is 10.8 Å². The molecule has 4 aromatic rings. The lowest BCUT2D eigenvalue weighted by Crippen LogP contribution is -2.22. The largest absolute Gasteiger partial charge is 0.497 e. The SMILES string of the molecule is COc1ccc(-c2csc(NC(=O)C(C)Sc3cccc(NC(=O)/C=C/c4ccccc4)c3)n2)cc1. The van der Waals surface area contributed by atoms with Gasteiger partial charge < -0.3 is 15.4 Å². The van der Waals surface area contributed by atoms with E-state index in [2.05, 4.69) is 15.6 Å². The number of methoxy groups -OCH3 is 1. The first-order chi connectivity index (χ1) is 17.5. The number of nitrogens with one attached hydrogen (secondary N) is 2. The number of aromatic nitrogens is 1. The summed E-state index contributed by atoms with van der Waals surface area (Å²) in [6, 6.07) is 24.7. The van der Waals surface area contributed by atoms with Gasteiger partial charge in [-0.3, -0.25) is 9.59 Å². The zero-order valence-electron chi connectivity index (χ0n) is 19.8. The van der Waals surface area contributed by atoms with Crippen molar-refractivity contribution in [3.63, 3.8) is 0 Å². The van der Waals surface area contributed by atoms with Gasteiger partial charge in [-0.05, 0) is 61.0 Å². The number of thioether (sulfide) groups is 1. The third kappa shape index (κ3) is 7.07. The van der Waals surface area contributed by atoms with Gasteiger partial charge in [-0.2, -0.15) is 0 Å². The molecule has 182 valence electrons. The second kappa shape index (κ2) is 12.2. The lowest BCUT2D eigenvalue weighted by atomic mass is 10.2. The molecule has 1 aromatic heterocycles.